The fourth-order valence-corrected chi connectivity index (χ4v) is 3.10. The van der Waals surface area contributed by atoms with Gasteiger partial charge in [0.25, 0.3) is 17.5 Å². The molecule has 12 heteroatoms. The van der Waals surface area contributed by atoms with E-state index in [1.54, 1.807) is 18.2 Å². The number of carbonyl (C=O) groups is 4. The standard InChI is InChI=1S/C20H17ClN4O7/c21-14-2-1-3-15(9-14)22-17(26)11-32-20(29)13-8-18(27)24(10-13)23-19(28)12-4-6-16(7-5-12)25(30)31/h1-7,9,13H,8,10-11H2,(H,22,26)(H,23,28)/t13-/m1/s1. The van der Waals surface area contributed by atoms with Gasteiger partial charge in [-0.1, -0.05) is 17.7 Å². The van der Waals surface area contributed by atoms with Gasteiger partial charge in [0.1, 0.15) is 0 Å². The number of hydrazine groups is 1. The number of benzene rings is 2. The summed E-state index contributed by atoms with van der Waals surface area (Å²) in [7, 11) is 0. The SMILES string of the molecule is O=C(COC(=O)[C@@H]1CC(=O)N(NC(=O)c2ccc([N+](=O)[O-])cc2)C1)Nc1cccc(Cl)c1. The first-order valence-electron chi connectivity index (χ1n) is 9.31. The normalized spacial score (nSPS) is 15.2. The molecular formula is C20H17ClN4O7. The number of nitrogens with one attached hydrogen (secondary N) is 2. The number of non-ortho nitro benzene ring substituents is 1. The zero-order chi connectivity index (χ0) is 23.3. The molecule has 1 aliphatic heterocycles. The number of nitrogens with zero attached hydrogens (tertiary/aromatic N) is 2. The number of nitro benzene ring substituents is 1. The van der Waals surface area contributed by atoms with Gasteiger partial charge in [0.05, 0.1) is 17.4 Å². The van der Waals surface area contributed by atoms with E-state index >= 15 is 0 Å². The van der Waals surface area contributed by atoms with Crippen LogP contribution < -0.4 is 10.7 Å². The van der Waals surface area contributed by atoms with Gasteiger partial charge in [-0.05, 0) is 30.3 Å². The molecule has 166 valence electrons. The molecule has 0 spiro atoms. The zero-order valence-electron chi connectivity index (χ0n) is 16.4. The highest BCUT2D eigenvalue weighted by atomic mass is 35.5. The van der Waals surface area contributed by atoms with E-state index in [-0.39, 0.29) is 24.2 Å². The third-order valence-corrected chi connectivity index (χ3v) is 4.72. The summed E-state index contributed by atoms with van der Waals surface area (Å²) in [5.41, 5.74) is 2.72. The lowest BCUT2D eigenvalue weighted by Gasteiger charge is -2.17. The largest absolute Gasteiger partial charge is 0.455 e. The Balaban J connectivity index is 1.48. The number of ether oxygens (including phenoxy) is 1. The van der Waals surface area contributed by atoms with E-state index in [4.69, 9.17) is 16.3 Å². The van der Waals surface area contributed by atoms with Gasteiger partial charge in [0.2, 0.25) is 5.91 Å². The van der Waals surface area contributed by atoms with Gasteiger partial charge in [0.15, 0.2) is 6.61 Å². The van der Waals surface area contributed by atoms with Crippen LogP contribution in [0.2, 0.25) is 5.02 Å². The smallest absolute Gasteiger partial charge is 0.311 e. The van der Waals surface area contributed by atoms with Gasteiger partial charge in [-0.2, -0.15) is 0 Å². The summed E-state index contributed by atoms with van der Waals surface area (Å²) >= 11 is 5.83. The zero-order valence-corrected chi connectivity index (χ0v) is 17.2. The first-order valence-corrected chi connectivity index (χ1v) is 9.68. The van der Waals surface area contributed by atoms with E-state index in [0.717, 1.165) is 17.1 Å². The average molecular weight is 461 g/mol. The van der Waals surface area contributed by atoms with Crippen molar-refractivity contribution in [3.05, 3.63) is 69.2 Å². The topological polar surface area (TPSA) is 148 Å². The molecule has 3 amide bonds. The maximum Gasteiger partial charge on any atom is 0.311 e. The lowest BCUT2D eigenvalue weighted by molar-refractivity contribution is -0.384. The van der Waals surface area contributed by atoms with Crippen LogP contribution in [0.1, 0.15) is 16.8 Å². The van der Waals surface area contributed by atoms with E-state index in [9.17, 15) is 29.3 Å². The average Bonchev–Trinajstić information content (AvgIpc) is 3.12. The number of halogens is 1. The summed E-state index contributed by atoms with van der Waals surface area (Å²) < 4.78 is 4.97. The quantitative estimate of drug-likeness (QED) is 0.364. The molecule has 3 rings (SSSR count). The Morgan fingerprint density at radius 2 is 1.91 bits per heavy atom. The predicted octanol–water partition coefficient (Wildman–Crippen LogP) is 1.92. The molecule has 11 nitrogen and oxygen atoms in total. The number of anilines is 1. The summed E-state index contributed by atoms with van der Waals surface area (Å²) in [6, 6.07) is 11.3. The number of rotatable bonds is 7. The number of nitro groups is 1. The van der Waals surface area contributed by atoms with Crippen LogP contribution >= 0.6 is 11.6 Å². The van der Waals surface area contributed by atoms with Gasteiger partial charge < -0.3 is 10.1 Å². The van der Waals surface area contributed by atoms with Crippen molar-refractivity contribution < 1.29 is 28.8 Å². The summed E-state index contributed by atoms with van der Waals surface area (Å²) in [5, 5.41) is 14.6. The van der Waals surface area contributed by atoms with Gasteiger partial charge in [0, 0.05) is 34.8 Å². The Hall–Kier alpha value is -3.99. The molecule has 0 radical (unpaired) electrons. The summed E-state index contributed by atoms with van der Waals surface area (Å²) in [4.78, 5) is 58.6. The molecule has 1 aliphatic rings. The van der Waals surface area contributed by atoms with Crippen LogP contribution in [0.5, 0.6) is 0 Å². The Labute approximate surface area is 186 Å². The van der Waals surface area contributed by atoms with E-state index in [0.29, 0.717) is 10.7 Å². The molecule has 0 aromatic heterocycles. The van der Waals surface area contributed by atoms with Crippen LogP contribution in [0.25, 0.3) is 0 Å². The molecule has 0 aliphatic carbocycles. The number of amides is 3. The number of carbonyl (C=O) groups excluding carboxylic acids is 4. The van der Waals surface area contributed by atoms with Crippen LogP contribution in [-0.2, 0) is 19.1 Å². The molecule has 1 atom stereocenters. The fourth-order valence-electron chi connectivity index (χ4n) is 2.91. The minimum atomic E-state index is -0.862. The van der Waals surface area contributed by atoms with Crippen LogP contribution in [0, 0.1) is 16.0 Å². The van der Waals surface area contributed by atoms with Crippen molar-refractivity contribution in [2.45, 2.75) is 6.42 Å². The van der Waals surface area contributed by atoms with Crippen molar-refractivity contribution in [2.75, 3.05) is 18.5 Å². The second-order valence-corrected chi connectivity index (χ2v) is 7.25. The summed E-state index contributed by atoms with van der Waals surface area (Å²) in [6.45, 7) is -0.683. The molecule has 0 bridgehead atoms. The third kappa shape index (κ3) is 5.79. The first kappa shape index (κ1) is 22.7. The fraction of sp³-hybridized carbons (Fsp3) is 0.200. The highest BCUT2D eigenvalue weighted by Crippen LogP contribution is 2.19. The minimum absolute atomic E-state index is 0.104. The second kappa shape index (κ2) is 9.88. The molecule has 2 N–H and O–H groups in total. The van der Waals surface area contributed by atoms with Crippen LogP contribution in [-0.4, -0.2) is 46.8 Å². The number of hydrogen-bond acceptors (Lipinski definition) is 7. The molecule has 2 aromatic rings. The number of esters is 1. The summed E-state index contributed by atoms with van der Waals surface area (Å²) in [6.07, 6.45) is -0.199. The van der Waals surface area contributed by atoms with Gasteiger partial charge in [-0.25, -0.2) is 0 Å². The van der Waals surface area contributed by atoms with Crippen LogP contribution in [0.4, 0.5) is 11.4 Å². The van der Waals surface area contributed by atoms with E-state index in [1.807, 2.05) is 0 Å². The van der Waals surface area contributed by atoms with E-state index < -0.39 is 41.1 Å². The molecule has 32 heavy (non-hydrogen) atoms. The lowest BCUT2D eigenvalue weighted by atomic mass is 10.1. The predicted molar refractivity (Wildman–Crippen MR) is 111 cm³/mol. The van der Waals surface area contributed by atoms with Crippen molar-refractivity contribution in [1.82, 2.24) is 10.4 Å². The maximum atomic E-state index is 12.3. The Kier molecular flexibility index (Phi) is 7.00. The Morgan fingerprint density at radius 1 is 1.19 bits per heavy atom. The van der Waals surface area contributed by atoms with Gasteiger partial charge in [-0.15, -0.1) is 0 Å². The van der Waals surface area contributed by atoms with E-state index in [2.05, 4.69) is 10.7 Å². The molecule has 1 fully saturated rings. The van der Waals surface area contributed by atoms with Gasteiger partial charge in [-0.3, -0.25) is 39.7 Å². The first-order chi connectivity index (χ1) is 15.2. The molecule has 1 heterocycles. The molecule has 1 saturated heterocycles. The lowest BCUT2D eigenvalue weighted by Crippen LogP contribution is -2.43. The van der Waals surface area contributed by atoms with Crippen LogP contribution in [0.3, 0.4) is 0 Å². The highest BCUT2D eigenvalue weighted by Gasteiger charge is 2.36. The highest BCUT2D eigenvalue weighted by molar-refractivity contribution is 6.30. The molecule has 0 unspecified atom stereocenters. The van der Waals surface area contributed by atoms with Crippen molar-refractivity contribution >= 4 is 46.7 Å². The van der Waals surface area contributed by atoms with Crippen molar-refractivity contribution in [2.24, 2.45) is 5.92 Å². The van der Waals surface area contributed by atoms with E-state index in [1.165, 1.54) is 18.2 Å². The second-order valence-electron chi connectivity index (χ2n) is 6.82. The number of hydrogen-bond donors (Lipinski definition) is 2. The van der Waals surface area contributed by atoms with Crippen molar-refractivity contribution in [3.8, 4) is 0 Å². The Bertz CT molecular complexity index is 1070. The minimum Gasteiger partial charge on any atom is -0.455 e. The third-order valence-electron chi connectivity index (χ3n) is 4.49. The molecule has 2 aromatic carbocycles. The van der Waals surface area contributed by atoms with Gasteiger partial charge >= 0.3 is 5.97 Å². The van der Waals surface area contributed by atoms with Crippen molar-refractivity contribution in [1.29, 1.82) is 0 Å². The van der Waals surface area contributed by atoms with Crippen molar-refractivity contribution in [3.63, 3.8) is 0 Å². The monoisotopic (exact) mass is 460 g/mol. The maximum absolute atomic E-state index is 12.3. The van der Waals surface area contributed by atoms with Crippen LogP contribution in [0.15, 0.2) is 48.5 Å². The Morgan fingerprint density at radius 3 is 2.56 bits per heavy atom. The summed E-state index contributed by atoms with van der Waals surface area (Å²) in [5.74, 6) is -3.37. The molecule has 0 saturated carbocycles. The molecular weight excluding hydrogens is 444 g/mol.